The molecule has 1 N–H and O–H groups in total. The van der Waals surface area contributed by atoms with E-state index in [4.69, 9.17) is 4.99 Å². The molecule has 1 aliphatic heterocycles. The Bertz CT molecular complexity index is 1180. The lowest BCUT2D eigenvalue weighted by Gasteiger charge is -2.38. The second-order valence-corrected chi connectivity index (χ2v) is 8.26. The molecule has 0 fully saturated rings. The highest BCUT2D eigenvalue weighted by atomic mass is 15.3. The molecular weight excluding hydrogens is 358 g/mol. The number of H-pyrrole nitrogens is 1. The zero-order chi connectivity index (χ0) is 20.0. The highest BCUT2D eigenvalue weighted by Gasteiger charge is 2.33. The van der Waals surface area contributed by atoms with Gasteiger partial charge < -0.3 is 0 Å². The zero-order valence-corrected chi connectivity index (χ0v) is 17.0. The van der Waals surface area contributed by atoms with Crippen LogP contribution in [0.2, 0.25) is 0 Å². The molecule has 0 atom stereocenters. The monoisotopic (exact) mass is 383 g/mol. The second-order valence-electron chi connectivity index (χ2n) is 8.26. The van der Waals surface area contributed by atoms with Crippen LogP contribution in [-0.4, -0.2) is 33.5 Å². The highest BCUT2D eigenvalue weighted by molar-refractivity contribution is 6.17. The summed E-state index contributed by atoms with van der Waals surface area (Å²) in [5.74, 6) is 0.762. The van der Waals surface area contributed by atoms with Gasteiger partial charge in [-0.05, 0) is 77.6 Å². The van der Waals surface area contributed by atoms with Crippen LogP contribution in [0.1, 0.15) is 55.4 Å². The van der Waals surface area contributed by atoms with Crippen molar-refractivity contribution < 1.29 is 0 Å². The molecule has 3 aromatic rings. The summed E-state index contributed by atoms with van der Waals surface area (Å²) in [5.41, 5.74) is 9.16. The average molecular weight is 383 g/mol. The first-order valence-corrected chi connectivity index (χ1v) is 10.4. The number of hydrogen-bond donors (Lipinski definition) is 1. The third kappa shape index (κ3) is 3.01. The molecule has 0 amide bonds. The van der Waals surface area contributed by atoms with Gasteiger partial charge in [0.15, 0.2) is 5.84 Å². The molecule has 1 aromatic heterocycles. The van der Waals surface area contributed by atoms with Gasteiger partial charge in [-0.2, -0.15) is 15.4 Å². The maximum atomic E-state index is 4.83. The average Bonchev–Trinajstić information content (AvgIpc) is 3.42. The van der Waals surface area contributed by atoms with Crippen LogP contribution < -0.4 is 0 Å². The summed E-state index contributed by atoms with van der Waals surface area (Å²) in [5, 5.41) is 10.9. The van der Waals surface area contributed by atoms with E-state index in [0.29, 0.717) is 12.0 Å². The van der Waals surface area contributed by atoms with Crippen LogP contribution >= 0.6 is 0 Å². The van der Waals surface area contributed by atoms with Crippen LogP contribution in [0.25, 0.3) is 16.6 Å². The Morgan fingerprint density at radius 1 is 0.966 bits per heavy atom. The van der Waals surface area contributed by atoms with E-state index in [9.17, 15) is 0 Å². The van der Waals surface area contributed by atoms with Gasteiger partial charge in [0.2, 0.25) is 0 Å². The zero-order valence-electron chi connectivity index (χ0n) is 17.0. The Morgan fingerprint density at radius 2 is 1.76 bits per heavy atom. The first-order valence-electron chi connectivity index (χ1n) is 10.4. The van der Waals surface area contributed by atoms with Gasteiger partial charge in [0.1, 0.15) is 11.0 Å². The van der Waals surface area contributed by atoms with Crippen LogP contribution in [0, 0.1) is 5.41 Å². The van der Waals surface area contributed by atoms with E-state index < -0.39 is 0 Å². The topological polar surface area (TPSA) is 66.3 Å². The van der Waals surface area contributed by atoms with E-state index >= 15 is 0 Å². The van der Waals surface area contributed by atoms with Crippen LogP contribution in [0.5, 0.6) is 0 Å². The number of amidine groups is 1. The fourth-order valence-electron chi connectivity index (χ4n) is 4.64. The first-order chi connectivity index (χ1) is 14.1. The third-order valence-electron chi connectivity index (χ3n) is 6.67. The molecule has 1 aliphatic carbocycles. The minimum absolute atomic E-state index is 0.368. The maximum Gasteiger partial charge on any atom is 0.155 e. The Hall–Kier alpha value is -3.08. The standard InChI is InChI=1S/C24H25N5/c1-4-24(5-2)12-15(3)19-10-16(6-7-18(19)13-24)22-14-25-23(26-22)17-8-9-20-21(11-17)28-29-27-20/h6-11H,3-5,12-14H2,1-2H3,(H,27,28,29). The van der Waals surface area contributed by atoms with Gasteiger partial charge in [-0.25, -0.2) is 4.99 Å². The van der Waals surface area contributed by atoms with E-state index in [0.717, 1.165) is 46.5 Å². The third-order valence-corrected chi connectivity index (χ3v) is 6.67. The second kappa shape index (κ2) is 6.76. The van der Waals surface area contributed by atoms with Gasteiger partial charge >= 0.3 is 0 Å². The lowest BCUT2D eigenvalue weighted by Crippen LogP contribution is -2.27. The molecule has 0 radical (unpaired) electrons. The van der Waals surface area contributed by atoms with Gasteiger partial charge in [-0.1, -0.05) is 32.6 Å². The van der Waals surface area contributed by atoms with E-state index in [1.807, 2.05) is 18.2 Å². The predicted molar refractivity (Wildman–Crippen MR) is 119 cm³/mol. The number of hydrogen-bond acceptors (Lipinski definition) is 4. The summed E-state index contributed by atoms with van der Waals surface area (Å²) < 4.78 is 0. The molecule has 5 rings (SSSR count). The largest absolute Gasteiger partial charge is 0.260 e. The Morgan fingerprint density at radius 3 is 2.59 bits per heavy atom. The van der Waals surface area contributed by atoms with Crippen molar-refractivity contribution in [2.75, 3.05) is 6.54 Å². The number of aliphatic imine (C=N–C) groups is 2. The fourth-order valence-corrected chi connectivity index (χ4v) is 4.64. The number of aromatic nitrogens is 3. The normalized spacial score (nSPS) is 17.9. The minimum atomic E-state index is 0.368. The number of aromatic amines is 1. The van der Waals surface area contributed by atoms with Crippen LogP contribution in [0.4, 0.5) is 0 Å². The van der Waals surface area contributed by atoms with Crippen molar-refractivity contribution in [3.63, 3.8) is 0 Å². The van der Waals surface area contributed by atoms with Crippen LogP contribution in [0.3, 0.4) is 0 Å². The molecule has 0 bridgehead atoms. The molecule has 2 aromatic carbocycles. The van der Waals surface area contributed by atoms with Crippen molar-refractivity contribution >= 4 is 28.2 Å². The van der Waals surface area contributed by atoms with Crippen molar-refractivity contribution in [2.24, 2.45) is 15.4 Å². The summed E-state index contributed by atoms with van der Waals surface area (Å²) in [7, 11) is 0. The number of nitrogens with one attached hydrogen (secondary N) is 1. The van der Waals surface area contributed by atoms with Crippen molar-refractivity contribution in [1.82, 2.24) is 15.4 Å². The molecule has 2 heterocycles. The molecule has 0 saturated heterocycles. The highest BCUT2D eigenvalue weighted by Crippen LogP contribution is 2.45. The number of allylic oxidation sites excluding steroid dienone is 1. The lowest BCUT2D eigenvalue weighted by atomic mass is 9.66. The Balaban J connectivity index is 1.45. The Labute approximate surface area is 170 Å². The van der Waals surface area contributed by atoms with E-state index in [-0.39, 0.29) is 0 Å². The smallest absolute Gasteiger partial charge is 0.155 e. The van der Waals surface area contributed by atoms with Crippen LogP contribution in [-0.2, 0) is 6.42 Å². The number of benzene rings is 2. The van der Waals surface area contributed by atoms with Crippen LogP contribution in [0.15, 0.2) is 53.0 Å². The predicted octanol–water partition coefficient (Wildman–Crippen LogP) is 4.97. The van der Waals surface area contributed by atoms with Gasteiger partial charge in [-0.15, -0.1) is 0 Å². The van der Waals surface area contributed by atoms with E-state index in [1.54, 1.807) is 0 Å². The number of rotatable bonds is 4. The fraction of sp³-hybridized carbons (Fsp3) is 0.333. The molecule has 5 heteroatoms. The van der Waals surface area contributed by atoms with Gasteiger partial charge in [0, 0.05) is 5.56 Å². The lowest BCUT2D eigenvalue weighted by molar-refractivity contribution is 0.261. The van der Waals surface area contributed by atoms with E-state index in [1.165, 1.54) is 29.5 Å². The number of nitrogens with zero attached hydrogens (tertiary/aromatic N) is 4. The summed E-state index contributed by atoms with van der Waals surface area (Å²) >= 11 is 0. The van der Waals surface area contributed by atoms with Crippen molar-refractivity contribution in [3.05, 3.63) is 65.2 Å². The Kier molecular flexibility index (Phi) is 4.19. The minimum Gasteiger partial charge on any atom is -0.260 e. The summed E-state index contributed by atoms with van der Waals surface area (Å²) in [4.78, 5) is 9.50. The molecule has 146 valence electrons. The van der Waals surface area contributed by atoms with Crippen molar-refractivity contribution in [1.29, 1.82) is 0 Å². The van der Waals surface area contributed by atoms with E-state index in [2.05, 4.69) is 59.0 Å². The molecule has 29 heavy (non-hydrogen) atoms. The molecule has 5 nitrogen and oxygen atoms in total. The quantitative estimate of drug-likeness (QED) is 0.691. The van der Waals surface area contributed by atoms with Crippen molar-refractivity contribution in [3.8, 4) is 0 Å². The van der Waals surface area contributed by atoms with Crippen molar-refractivity contribution in [2.45, 2.75) is 39.5 Å². The molecule has 0 unspecified atom stereocenters. The molecule has 2 aliphatic rings. The van der Waals surface area contributed by atoms with Gasteiger partial charge in [0.05, 0.1) is 12.3 Å². The molecule has 0 spiro atoms. The summed E-state index contributed by atoms with van der Waals surface area (Å²) in [6.45, 7) is 9.63. The first kappa shape index (κ1) is 18.0. The number of fused-ring (bicyclic) bond motifs is 2. The van der Waals surface area contributed by atoms with Gasteiger partial charge in [-0.3, -0.25) is 4.99 Å². The molecular formula is C24H25N5. The summed E-state index contributed by atoms with van der Waals surface area (Å²) in [6.07, 6.45) is 4.62. The SMILES string of the molecule is C=C1CC(CC)(CC)Cc2ccc(C3=NC(c4ccc5n[nH]nc5c4)=NC3)cc21. The summed E-state index contributed by atoms with van der Waals surface area (Å²) in [6, 6.07) is 12.7. The maximum absolute atomic E-state index is 4.83. The molecule has 0 saturated carbocycles. The van der Waals surface area contributed by atoms with Gasteiger partial charge in [0.25, 0.3) is 0 Å².